The molecule has 0 aromatic heterocycles. The second-order valence-electron chi connectivity index (χ2n) is 4.60. The first-order valence-electron chi connectivity index (χ1n) is 6.31. The lowest BCUT2D eigenvalue weighted by molar-refractivity contribution is 0.0596. The Hall–Kier alpha value is -1.86. The fourth-order valence-electron chi connectivity index (χ4n) is 1.84. The first-order chi connectivity index (χ1) is 10.3. The van der Waals surface area contributed by atoms with Crippen molar-refractivity contribution in [1.29, 1.82) is 0 Å². The van der Waals surface area contributed by atoms with E-state index in [-0.39, 0.29) is 10.5 Å². The summed E-state index contributed by atoms with van der Waals surface area (Å²) in [7, 11) is -2.70. The Bertz CT molecular complexity index is 801. The van der Waals surface area contributed by atoms with Gasteiger partial charge in [0.2, 0.25) is 0 Å². The molecule has 0 aliphatic heterocycles. The molecular weight excluding hydrogens is 370 g/mol. The van der Waals surface area contributed by atoms with Crippen LogP contribution in [0.15, 0.2) is 51.8 Å². The quantitative estimate of drug-likeness (QED) is 0.821. The zero-order valence-corrected chi connectivity index (χ0v) is 14.4. The third-order valence-corrected chi connectivity index (χ3v) is 4.87. The molecule has 0 aliphatic rings. The number of sulfonamides is 1. The van der Waals surface area contributed by atoms with E-state index in [2.05, 4.69) is 25.4 Å². The lowest BCUT2D eigenvalue weighted by Gasteiger charge is -2.12. The fourth-order valence-corrected chi connectivity index (χ4v) is 3.43. The minimum atomic E-state index is -3.90. The smallest absolute Gasteiger partial charge is 0.339 e. The number of benzene rings is 2. The predicted octanol–water partition coefficient (Wildman–Crippen LogP) is 3.34. The van der Waals surface area contributed by atoms with E-state index in [1.54, 1.807) is 30.3 Å². The van der Waals surface area contributed by atoms with Crippen LogP contribution in [-0.2, 0) is 14.8 Å². The minimum Gasteiger partial charge on any atom is -0.465 e. The molecule has 116 valence electrons. The zero-order valence-electron chi connectivity index (χ0n) is 12.0. The summed E-state index contributed by atoms with van der Waals surface area (Å²) >= 11 is 3.21. The molecule has 0 fully saturated rings. The average molecular weight is 384 g/mol. The maximum absolute atomic E-state index is 12.5. The molecule has 0 atom stereocenters. The normalized spacial score (nSPS) is 11.0. The van der Waals surface area contributed by atoms with Crippen LogP contribution >= 0.6 is 15.9 Å². The van der Waals surface area contributed by atoms with E-state index >= 15 is 0 Å². The summed E-state index contributed by atoms with van der Waals surface area (Å²) in [6.45, 7) is 1.91. The van der Waals surface area contributed by atoms with E-state index in [1.165, 1.54) is 19.2 Å². The monoisotopic (exact) mass is 383 g/mol. The Morgan fingerprint density at radius 3 is 2.36 bits per heavy atom. The summed E-state index contributed by atoms with van der Waals surface area (Å²) in [5.74, 6) is -0.717. The van der Waals surface area contributed by atoms with Gasteiger partial charge in [-0.3, -0.25) is 4.72 Å². The summed E-state index contributed by atoms with van der Waals surface area (Å²) in [6, 6.07) is 11.2. The van der Waals surface area contributed by atoms with Gasteiger partial charge >= 0.3 is 5.97 Å². The molecule has 0 heterocycles. The first-order valence-corrected chi connectivity index (χ1v) is 8.58. The number of halogens is 1. The largest absolute Gasteiger partial charge is 0.465 e. The number of rotatable bonds is 4. The Balaban J connectivity index is 2.45. The van der Waals surface area contributed by atoms with Crippen LogP contribution in [0.3, 0.4) is 0 Å². The van der Waals surface area contributed by atoms with E-state index in [0.717, 1.165) is 5.56 Å². The Morgan fingerprint density at radius 2 is 1.77 bits per heavy atom. The van der Waals surface area contributed by atoms with E-state index in [9.17, 15) is 13.2 Å². The summed E-state index contributed by atoms with van der Waals surface area (Å²) < 4.78 is 32.7. The van der Waals surface area contributed by atoms with Crippen molar-refractivity contribution in [2.75, 3.05) is 11.8 Å². The third kappa shape index (κ3) is 3.66. The summed E-state index contributed by atoms with van der Waals surface area (Å²) in [6.07, 6.45) is 0. The van der Waals surface area contributed by atoms with Crippen molar-refractivity contribution in [2.24, 2.45) is 0 Å². The van der Waals surface area contributed by atoms with Crippen LogP contribution < -0.4 is 4.72 Å². The molecule has 0 radical (unpaired) electrons. The maximum atomic E-state index is 12.5. The van der Waals surface area contributed by atoms with Crippen molar-refractivity contribution >= 4 is 37.6 Å². The number of ether oxygens (including phenoxy) is 1. The maximum Gasteiger partial charge on any atom is 0.339 e. The van der Waals surface area contributed by atoms with Crippen LogP contribution in [0.5, 0.6) is 0 Å². The van der Waals surface area contributed by atoms with E-state index < -0.39 is 16.0 Å². The average Bonchev–Trinajstić information content (AvgIpc) is 2.48. The summed E-state index contributed by atoms with van der Waals surface area (Å²) in [5, 5.41) is 0. The number of aryl methyl sites for hydroxylation is 1. The Morgan fingerprint density at radius 1 is 1.14 bits per heavy atom. The van der Waals surface area contributed by atoms with E-state index in [0.29, 0.717) is 10.2 Å². The molecule has 0 saturated heterocycles. The lowest BCUT2D eigenvalue weighted by Crippen LogP contribution is -2.17. The first kappa shape index (κ1) is 16.5. The van der Waals surface area contributed by atoms with Crippen molar-refractivity contribution in [2.45, 2.75) is 11.8 Å². The van der Waals surface area contributed by atoms with Crippen molar-refractivity contribution in [3.63, 3.8) is 0 Å². The minimum absolute atomic E-state index is 0.0310. The number of hydrogen-bond acceptors (Lipinski definition) is 4. The van der Waals surface area contributed by atoms with Gasteiger partial charge in [-0.2, -0.15) is 0 Å². The van der Waals surface area contributed by atoms with Gasteiger partial charge in [-0.25, -0.2) is 13.2 Å². The molecule has 2 rings (SSSR count). The molecule has 0 unspecified atom stereocenters. The molecule has 5 nitrogen and oxygen atoms in total. The number of carbonyl (C=O) groups is 1. The van der Waals surface area contributed by atoms with Gasteiger partial charge in [0.15, 0.2) is 0 Å². The second kappa shape index (κ2) is 6.50. The van der Waals surface area contributed by atoms with Crippen LogP contribution in [0, 0.1) is 6.92 Å². The van der Waals surface area contributed by atoms with Gasteiger partial charge in [0, 0.05) is 10.2 Å². The van der Waals surface area contributed by atoms with Crippen LogP contribution in [-0.4, -0.2) is 21.5 Å². The molecule has 2 aromatic carbocycles. The van der Waals surface area contributed by atoms with E-state index in [4.69, 9.17) is 0 Å². The van der Waals surface area contributed by atoms with Crippen LogP contribution in [0.2, 0.25) is 0 Å². The van der Waals surface area contributed by atoms with Gasteiger partial charge in [0.1, 0.15) is 4.90 Å². The van der Waals surface area contributed by atoms with Gasteiger partial charge in [-0.05, 0) is 37.3 Å². The lowest BCUT2D eigenvalue weighted by atomic mass is 10.2. The highest BCUT2D eigenvalue weighted by molar-refractivity contribution is 9.10. The molecule has 22 heavy (non-hydrogen) atoms. The van der Waals surface area contributed by atoms with Crippen LogP contribution in [0.4, 0.5) is 5.69 Å². The Labute approximate surface area is 137 Å². The number of esters is 1. The Kier molecular flexibility index (Phi) is 4.87. The highest BCUT2D eigenvalue weighted by Crippen LogP contribution is 2.24. The second-order valence-corrected chi connectivity index (χ2v) is 7.17. The molecule has 2 aromatic rings. The topological polar surface area (TPSA) is 72.5 Å². The van der Waals surface area contributed by atoms with E-state index in [1.807, 2.05) is 6.92 Å². The van der Waals surface area contributed by atoms with Gasteiger partial charge in [-0.1, -0.05) is 33.6 Å². The highest BCUT2D eigenvalue weighted by atomic mass is 79.9. The molecule has 0 bridgehead atoms. The number of methoxy groups -OCH3 is 1. The summed E-state index contributed by atoms with van der Waals surface area (Å²) in [5.41, 5.74) is 1.41. The molecule has 0 aliphatic carbocycles. The molecule has 7 heteroatoms. The van der Waals surface area contributed by atoms with Gasteiger partial charge < -0.3 is 4.74 Å². The third-order valence-electron chi connectivity index (χ3n) is 2.94. The van der Waals surface area contributed by atoms with Crippen molar-refractivity contribution in [3.05, 3.63) is 58.1 Å². The van der Waals surface area contributed by atoms with Gasteiger partial charge in [-0.15, -0.1) is 0 Å². The molecule has 0 spiro atoms. The number of hydrogen-bond donors (Lipinski definition) is 1. The van der Waals surface area contributed by atoms with Crippen molar-refractivity contribution in [1.82, 2.24) is 0 Å². The number of carbonyl (C=O) groups excluding carboxylic acids is 1. The fraction of sp³-hybridized carbons (Fsp3) is 0.133. The molecular formula is C15H14BrNO4S. The van der Waals surface area contributed by atoms with Crippen molar-refractivity contribution in [3.8, 4) is 0 Å². The van der Waals surface area contributed by atoms with Crippen LogP contribution in [0.25, 0.3) is 0 Å². The molecule has 0 saturated carbocycles. The standard InChI is InChI=1S/C15H14BrNO4S/c1-10-3-6-12(7-4-10)17-22(19,20)14-8-5-11(16)9-13(14)15(18)21-2/h3-9,17H,1-2H3. The van der Waals surface area contributed by atoms with Crippen molar-refractivity contribution < 1.29 is 17.9 Å². The van der Waals surface area contributed by atoms with Gasteiger partial charge in [0.05, 0.1) is 12.7 Å². The molecule has 1 N–H and O–H groups in total. The highest BCUT2D eigenvalue weighted by Gasteiger charge is 2.23. The van der Waals surface area contributed by atoms with Crippen LogP contribution in [0.1, 0.15) is 15.9 Å². The summed E-state index contributed by atoms with van der Waals surface area (Å²) in [4.78, 5) is 11.7. The molecule has 0 amide bonds. The van der Waals surface area contributed by atoms with Gasteiger partial charge in [0.25, 0.3) is 10.0 Å². The zero-order chi connectivity index (χ0) is 16.3. The SMILES string of the molecule is COC(=O)c1cc(Br)ccc1S(=O)(=O)Nc1ccc(C)cc1. The predicted molar refractivity (Wildman–Crippen MR) is 87.5 cm³/mol. The number of anilines is 1. The number of nitrogens with one attached hydrogen (secondary N) is 1.